The summed E-state index contributed by atoms with van der Waals surface area (Å²) in [6.07, 6.45) is 5.47. The van der Waals surface area contributed by atoms with E-state index < -0.39 is 0 Å². The molecule has 0 spiro atoms. The molecular weight excluding hydrogens is 190 g/mol. The van der Waals surface area contributed by atoms with Crippen LogP contribution >= 0.6 is 11.8 Å². The second-order valence-corrected chi connectivity index (χ2v) is 6.39. The Hall–Kier alpha value is 0.310. The van der Waals surface area contributed by atoms with Crippen molar-refractivity contribution in [3.05, 3.63) is 0 Å². The first-order chi connectivity index (χ1) is 6.67. The van der Waals surface area contributed by atoms with Crippen LogP contribution in [-0.4, -0.2) is 23.6 Å². The van der Waals surface area contributed by atoms with Crippen molar-refractivity contribution in [3.63, 3.8) is 0 Å². The molecular formula is C12H25NS. The molecule has 84 valence electrons. The summed E-state index contributed by atoms with van der Waals surface area (Å²) < 4.78 is 0. The fraction of sp³-hybridized carbons (Fsp3) is 1.00. The molecule has 0 aromatic carbocycles. The molecule has 1 fully saturated rings. The van der Waals surface area contributed by atoms with Crippen molar-refractivity contribution in [1.29, 1.82) is 0 Å². The predicted octanol–water partition coefficient (Wildman–Crippen LogP) is 3.29. The molecule has 1 saturated carbocycles. The van der Waals surface area contributed by atoms with Gasteiger partial charge >= 0.3 is 0 Å². The van der Waals surface area contributed by atoms with E-state index in [4.69, 9.17) is 0 Å². The third kappa shape index (κ3) is 3.47. The molecule has 0 saturated heterocycles. The largest absolute Gasteiger partial charge is 0.316 e. The number of nitrogens with one attached hydrogen (secondary N) is 1. The number of hydrogen-bond donors (Lipinski definition) is 1. The Balaban J connectivity index is 2.44. The van der Waals surface area contributed by atoms with Crippen LogP contribution in [0.2, 0.25) is 0 Å². The van der Waals surface area contributed by atoms with E-state index in [-0.39, 0.29) is 0 Å². The molecule has 14 heavy (non-hydrogen) atoms. The third-order valence-corrected chi connectivity index (χ3v) is 5.08. The molecule has 1 aliphatic rings. The maximum atomic E-state index is 3.48. The highest BCUT2D eigenvalue weighted by Gasteiger charge is 2.28. The Labute approximate surface area is 93.4 Å². The maximum Gasteiger partial charge on any atom is 0.0206 e. The zero-order valence-corrected chi connectivity index (χ0v) is 10.9. The van der Waals surface area contributed by atoms with Crippen LogP contribution in [0.1, 0.15) is 46.5 Å². The molecule has 1 N–H and O–H groups in total. The van der Waals surface area contributed by atoms with Crippen molar-refractivity contribution in [1.82, 2.24) is 5.32 Å². The molecule has 0 amide bonds. The van der Waals surface area contributed by atoms with Crippen LogP contribution in [0.4, 0.5) is 0 Å². The summed E-state index contributed by atoms with van der Waals surface area (Å²) in [5.74, 6) is 0.932. The van der Waals surface area contributed by atoms with E-state index in [1.54, 1.807) is 0 Å². The monoisotopic (exact) mass is 215 g/mol. The molecule has 0 aromatic heterocycles. The van der Waals surface area contributed by atoms with Crippen LogP contribution in [-0.2, 0) is 0 Å². The second kappa shape index (κ2) is 6.02. The quantitative estimate of drug-likeness (QED) is 0.772. The van der Waals surface area contributed by atoms with Gasteiger partial charge in [0.1, 0.15) is 0 Å². The molecule has 0 aliphatic heterocycles. The third-order valence-electron chi connectivity index (χ3n) is 3.41. The van der Waals surface area contributed by atoms with Gasteiger partial charge < -0.3 is 5.32 Å². The van der Waals surface area contributed by atoms with Crippen LogP contribution < -0.4 is 5.32 Å². The normalized spacial score (nSPS) is 35.6. The lowest BCUT2D eigenvalue weighted by Gasteiger charge is -2.35. The highest BCUT2D eigenvalue weighted by molar-refractivity contribution is 8.00. The van der Waals surface area contributed by atoms with Crippen molar-refractivity contribution in [2.24, 2.45) is 5.92 Å². The van der Waals surface area contributed by atoms with Crippen molar-refractivity contribution >= 4 is 11.8 Å². The van der Waals surface area contributed by atoms with E-state index in [9.17, 15) is 0 Å². The van der Waals surface area contributed by atoms with E-state index in [1.165, 1.54) is 25.7 Å². The first-order valence-corrected chi connectivity index (χ1v) is 6.94. The van der Waals surface area contributed by atoms with Gasteiger partial charge in [-0.2, -0.15) is 11.8 Å². The summed E-state index contributed by atoms with van der Waals surface area (Å²) in [5.41, 5.74) is 0. The molecule has 4 unspecified atom stereocenters. The minimum absolute atomic E-state index is 0.755. The van der Waals surface area contributed by atoms with Gasteiger partial charge in [0, 0.05) is 16.5 Å². The molecule has 1 rings (SSSR count). The standard InChI is InChI=1S/C12H25NS/c1-5-10(3)14-12-8-9(2)6-7-11(12)13-4/h9-13H,5-8H2,1-4H3. The molecule has 4 atom stereocenters. The summed E-state index contributed by atoms with van der Waals surface area (Å²) in [6, 6.07) is 0.755. The van der Waals surface area contributed by atoms with Gasteiger partial charge in [0.15, 0.2) is 0 Å². The lowest BCUT2D eigenvalue weighted by atomic mass is 9.87. The van der Waals surface area contributed by atoms with Gasteiger partial charge in [-0.05, 0) is 38.6 Å². The van der Waals surface area contributed by atoms with Gasteiger partial charge in [-0.15, -0.1) is 0 Å². The Morgan fingerprint density at radius 1 is 1.43 bits per heavy atom. The van der Waals surface area contributed by atoms with Gasteiger partial charge in [-0.1, -0.05) is 20.8 Å². The number of rotatable bonds is 4. The van der Waals surface area contributed by atoms with Crippen molar-refractivity contribution in [2.45, 2.75) is 63.0 Å². The summed E-state index contributed by atoms with van der Waals surface area (Å²) in [7, 11) is 2.12. The highest BCUT2D eigenvalue weighted by atomic mass is 32.2. The molecule has 1 aliphatic carbocycles. The molecule has 1 nitrogen and oxygen atoms in total. The van der Waals surface area contributed by atoms with Gasteiger partial charge in [-0.25, -0.2) is 0 Å². The van der Waals surface area contributed by atoms with E-state index in [2.05, 4.69) is 44.9 Å². The van der Waals surface area contributed by atoms with Gasteiger partial charge in [0.25, 0.3) is 0 Å². The minimum atomic E-state index is 0.755. The molecule has 2 heteroatoms. The fourth-order valence-corrected chi connectivity index (χ4v) is 3.89. The van der Waals surface area contributed by atoms with Crippen LogP contribution in [0.15, 0.2) is 0 Å². The zero-order chi connectivity index (χ0) is 10.6. The summed E-state index contributed by atoms with van der Waals surface area (Å²) in [5, 5.41) is 5.15. The van der Waals surface area contributed by atoms with Gasteiger partial charge in [0.2, 0.25) is 0 Å². The SMILES string of the molecule is CCC(C)SC1CC(C)CCC1NC. The maximum absolute atomic E-state index is 3.48. The summed E-state index contributed by atoms with van der Waals surface area (Å²) in [6.45, 7) is 7.05. The van der Waals surface area contributed by atoms with Crippen LogP contribution in [0.25, 0.3) is 0 Å². The lowest BCUT2D eigenvalue weighted by Crippen LogP contribution is -2.41. The Morgan fingerprint density at radius 2 is 2.14 bits per heavy atom. The average molecular weight is 215 g/mol. The number of hydrogen-bond acceptors (Lipinski definition) is 2. The van der Waals surface area contributed by atoms with E-state index in [0.29, 0.717) is 0 Å². The molecule has 0 radical (unpaired) electrons. The predicted molar refractivity (Wildman–Crippen MR) is 67.0 cm³/mol. The van der Waals surface area contributed by atoms with Crippen LogP contribution in [0, 0.1) is 5.92 Å². The summed E-state index contributed by atoms with van der Waals surface area (Å²) in [4.78, 5) is 0. The first kappa shape index (κ1) is 12.4. The van der Waals surface area contributed by atoms with Crippen LogP contribution in [0.5, 0.6) is 0 Å². The Morgan fingerprint density at radius 3 is 2.71 bits per heavy atom. The van der Waals surface area contributed by atoms with E-state index >= 15 is 0 Å². The average Bonchev–Trinajstić information content (AvgIpc) is 2.18. The highest BCUT2D eigenvalue weighted by Crippen LogP contribution is 2.34. The van der Waals surface area contributed by atoms with E-state index in [0.717, 1.165) is 22.5 Å². The molecule has 0 heterocycles. The van der Waals surface area contributed by atoms with Crippen LogP contribution in [0.3, 0.4) is 0 Å². The topological polar surface area (TPSA) is 12.0 Å². The van der Waals surface area contributed by atoms with Crippen molar-refractivity contribution in [3.8, 4) is 0 Å². The van der Waals surface area contributed by atoms with Crippen molar-refractivity contribution < 1.29 is 0 Å². The lowest BCUT2D eigenvalue weighted by molar-refractivity contribution is 0.328. The summed E-state index contributed by atoms with van der Waals surface area (Å²) >= 11 is 2.19. The smallest absolute Gasteiger partial charge is 0.0206 e. The Bertz CT molecular complexity index is 160. The first-order valence-electron chi connectivity index (χ1n) is 6.00. The second-order valence-electron chi connectivity index (χ2n) is 4.71. The number of thioether (sulfide) groups is 1. The van der Waals surface area contributed by atoms with Crippen molar-refractivity contribution in [2.75, 3.05) is 7.05 Å². The molecule has 0 aromatic rings. The Kier molecular flexibility index (Phi) is 5.32. The van der Waals surface area contributed by atoms with Gasteiger partial charge in [-0.3, -0.25) is 0 Å². The minimum Gasteiger partial charge on any atom is -0.316 e. The molecule has 0 bridgehead atoms. The van der Waals surface area contributed by atoms with Gasteiger partial charge in [0.05, 0.1) is 0 Å². The van der Waals surface area contributed by atoms with E-state index in [1.807, 2.05) is 0 Å². The zero-order valence-electron chi connectivity index (χ0n) is 10.0. The fourth-order valence-electron chi connectivity index (χ4n) is 2.20.